The molecule has 0 amide bonds. The fourth-order valence-electron chi connectivity index (χ4n) is 2.80. The molecule has 2 N–H and O–H groups in total. The van der Waals surface area contributed by atoms with E-state index >= 15 is 0 Å². The van der Waals surface area contributed by atoms with Crippen molar-refractivity contribution in [2.24, 2.45) is 11.8 Å². The Morgan fingerprint density at radius 3 is 2.67 bits per heavy atom. The van der Waals surface area contributed by atoms with E-state index in [0.717, 1.165) is 30.9 Å². The van der Waals surface area contributed by atoms with Crippen molar-refractivity contribution in [1.82, 2.24) is 5.32 Å². The Bertz CT molecular complexity index is 448. The summed E-state index contributed by atoms with van der Waals surface area (Å²) < 4.78 is 10.8. The van der Waals surface area contributed by atoms with Gasteiger partial charge in [-0.2, -0.15) is 0 Å². The number of aliphatic hydroxyl groups excluding tert-OH is 1. The summed E-state index contributed by atoms with van der Waals surface area (Å²) in [4.78, 5) is 0. The predicted octanol–water partition coefficient (Wildman–Crippen LogP) is 3.11. The Morgan fingerprint density at radius 1 is 1.19 bits per heavy atom. The quantitative estimate of drug-likeness (QED) is 0.773. The van der Waals surface area contributed by atoms with Gasteiger partial charge in [0.2, 0.25) is 6.79 Å². The normalized spacial score (nSPS) is 16.2. The molecule has 0 fully saturated rings. The van der Waals surface area contributed by atoms with Gasteiger partial charge in [0.05, 0.1) is 0 Å². The lowest BCUT2D eigenvalue weighted by Gasteiger charge is -2.22. The summed E-state index contributed by atoms with van der Waals surface area (Å²) in [6.45, 7) is 8.11. The number of ether oxygens (including phenoxy) is 2. The lowest BCUT2D eigenvalue weighted by molar-refractivity contribution is 0.174. The van der Waals surface area contributed by atoms with Crippen LogP contribution in [0.25, 0.3) is 0 Å². The fraction of sp³-hybridized carbons (Fsp3) is 0.647. The van der Waals surface area contributed by atoms with Crippen LogP contribution in [-0.2, 0) is 0 Å². The molecule has 0 bridgehead atoms. The standard InChI is InChI=1S/C17H27NO3/c1-12(2)8-14(6-7-19)10-18-13(3)15-4-5-16-17(9-15)21-11-20-16/h4-5,9,12-14,18-19H,6-8,10-11H2,1-3H3. The minimum absolute atomic E-state index is 0.257. The molecule has 1 aliphatic heterocycles. The van der Waals surface area contributed by atoms with E-state index in [2.05, 4.69) is 32.2 Å². The molecule has 21 heavy (non-hydrogen) atoms. The van der Waals surface area contributed by atoms with E-state index in [4.69, 9.17) is 9.47 Å². The fourth-order valence-corrected chi connectivity index (χ4v) is 2.80. The smallest absolute Gasteiger partial charge is 0.231 e. The van der Waals surface area contributed by atoms with Gasteiger partial charge in [-0.3, -0.25) is 0 Å². The molecule has 0 saturated carbocycles. The largest absolute Gasteiger partial charge is 0.454 e. The SMILES string of the molecule is CC(C)CC(CCO)CNC(C)c1ccc2c(c1)OCO2. The maximum Gasteiger partial charge on any atom is 0.231 e. The van der Waals surface area contributed by atoms with Crippen molar-refractivity contribution < 1.29 is 14.6 Å². The van der Waals surface area contributed by atoms with Crippen molar-refractivity contribution in [3.05, 3.63) is 23.8 Å². The molecule has 2 unspecified atom stereocenters. The van der Waals surface area contributed by atoms with Crippen LogP contribution in [0.3, 0.4) is 0 Å². The second kappa shape index (κ2) is 7.66. The van der Waals surface area contributed by atoms with Gasteiger partial charge in [0.25, 0.3) is 0 Å². The molecule has 0 spiro atoms. The Morgan fingerprint density at radius 2 is 1.95 bits per heavy atom. The molecule has 4 heteroatoms. The lowest BCUT2D eigenvalue weighted by Crippen LogP contribution is -2.27. The zero-order valence-electron chi connectivity index (χ0n) is 13.3. The minimum atomic E-state index is 0.257. The van der Waals surface area contributed by atoms with E-state index in [0.29, 0.717) is 18.6 Å². The maximum atomic E-state index is 9.18. The molecule has 0 radical (unpaired) electrons. The van der Waals surface area contributed by atoms with Crippen molar-refractivity contribution in [3.8, 4) is 11.5 Å². The Kier molecular flexibility index (Phi) is 5.88. The van der Waals surface area contributed by atoms with Gasteiger partial charge >= 0.3 is 0 Å². The number of hydrogen-bond acceptors (Lipinski definition) is 4. The van der Waals surface area contributed by atoms with Crippen LogP contribution in [0.2, 0.25) is 0 Å². The van der Waals surface area contributed by atoms with Crippen LogP contribution in [-0.4, -0.2) is 25.1 Å². The van der Waals surface area contributed by atoms with Gasteiger partial charge in [-0.15, -0.1) is 0 Å². The molecule has 2 rings (SSSR count). The van der Waals surface area contributed by atoms with Crippen molar-refractivity contribution in [2.75, 3.05) is 19.9 Å². The van der Waals surface area contributed by atoms with Crippen LogP contribution in [0.5, 0.6) is 11.5 Å². The third kappa shape index (κ3) is 4.61. The summed E-state index contributed by atoms with van der Waals surface area (Å²) in [5, 5.41) is 12.8. The minimum Gasteiger partial charge on any atom is -0.454 e. The van der Waals surface area contributed by atoms with Crippen LogP contribution in [0.4, 0.5) is 0 Å². The second-order valence-electron chi connectivity index (χ2n) is 6.25. The molecule has 118 valence electrons. The highest BCUT2D eigenvalue weighted by atomic mass is 16.7. The molecule has 0 aliphatic carbocycles. The van der Waals surface area contributed by atoms with Crippen molar-refractivity contribution in [2.45, 2.75) is 39.7 Å². The zero-order valence-corrected chi connectivity index (χ0v) is 13.3. The third-order valence-corrected chi connectivity index (χ3v) is 3.95. The first-order chi connectivity index (χ1) is 10.1. The van der Waals surface area contributed by atoms with Gasteiger partial charge in [0, 0.05) is 12.6 Å². The lowest BCUT2D eigenvalue weighted by atomic mass is 9.94. The molecule has 2 atom stereocenters. The van der Waals surface area contributed by atoms with E-state index in [1.807, 2.05) is 12.1 Å². The van der Waals surface area contributed by atoms with Gasteiger partial charge in [0.15, 0.2) is 11.5 Å². The average Bonchev–Trinajstić information content (AvgIpc) is 2.91. The number of aliphatic hydroxyl groups is 1. The molecular weight excluding hydrogens is 266 g/mol. The van der Waals surface area contributed by atoms with Gasteiger partial charge in [-0.25, -0.2) is 0 Å². The Labute approximate surface area is 127 Å². The van der Waals surface area contributed by atoms with Crippen LogP contribution in [0.15, 0.2) is 18.2 Å². The zero-order chi connectivity index (χ0) is 15.2. The predicted molar refractivity (Wildman–Crippen MR) is 83.6 cm³/mol. The molecule has 1 aliphatic rings. The van der Waals surface area contributed by atoms with Gasteiger partial charge in [0.1, 0.15) is 0 Å². The molecule has 1 aromatic rings. The van der Waals surface area contributed by atoms with E-state index in [9.17, 15) is 5.11 Å². The maximum absolute atomic E-state index is 9.18. The molecule has 0 aromatic heterocycles. The third-order valence-electron chi connectivity index (χ3n) is 3.95. The van der Waals surface area contributed by atoms with Gasteiger partial charge in [-0.05, 0) is 55.8 Å². The first-order valence-electron chi connectivity index (χ1n) is 7.84. The molecule has 4 nitrogen and oxygen atoms in total. The summed E-state index contributed by atoms with van der Waals surface area (Å²) >= 11 is 0. The number of fused-ring (bicyclic) bond motifs is 1. The van der Waals surface area contributed by atoms with Crippen LogP contribution < -0.4 is 14.8 Å². The molecular formula is C17H27NO3. The highest BCUT2D eigenvalue weighted by Crippen LogP contribution is 2.34. The van der Waals surface area contributed by atoms with E-state index < -0.39 is 0 Å². The Hall–Kier alpha value is -1.26. The summed E-state index contributed by atoms with van der Waals surface area (Å²) in [7, 11) is 0. The summed E-state index contributed by atoms with van der Waals surface area (Å²) in [6.07, 6.45) is 2.00. The van der Waals surface area contributed by atoms with E-state index in [-0.39, 0.29) is 12.6 Å². The van der Waals surface area contributed by atoms with Crippen molar-refractivity contribution >= 4 is 0 Å². The number of hydrogen-bond donors (Lipinski definition) is 2. The first kappa shape index (κ1) is 16.1. The van der Waals surface area contributed by atoms with E-state index in [1.165, 1.54) is 5.56 Å². The highest BCUT2D eigenvalue weighted by Gasteiger charge is 2.17. The number of nitrogens with one attached hydrogen (secondary N) is 1. The first-order valence-corrected chi connectivity index (χ1v) is 7.84. The Balaban J connectivity index is 1.89. The van der Waals surface area contributed by atoms with E-state index in [1.54, 1.807) is 0 Å². The van der Waals surface area contributed by atoms with Crippen LogP contribution in [0.1, 0.15) is 45.2 Å². The van der Waals surface area contributed by atoms with Gasteiger partial charge in [-0.1, -0.05) is 19.9 Å². The molecule has 1 heterocycles. The van der Waals surface area contributed by atoms with Gasteiger partial charge < -0.3 is 19.9 Å². The second-order valence-corrected chi connectivity index (χ2v) is 6.25. The average molecular weight is 293 g/mol. The topological polar surface area (TPSA) is 50.7 Å². The van der Waals surface area contributed by atoms with Crippen molar-refractivity contribution in [1.29, 1.82) is 0 Å². The number of rotatable bonds is 8. The summed E-state index contributed by atoms with van der Waals surface area (Å²) in [6, 6.07) is 6.35. The monoisotopic (exact) mass is 293 g/mol. The van der Waals surface area contributed by atoms with Crippen LogP contribution in [0, 0.1) is 11.8 Å². The van der Waals surface area contributed by atoms with Crippen LogP contribution >= 0.6 is 0 Å². The summed E-state index contributed by atoms with van der Waals surface area (Å²) in [5.41, 5.74) is 1.20. The van der Waals surface area contributed by atoms with Crippen molar-refractivity contribution in [3.63, 3.8) is 0 Å². The highest BCUT2D eigenvalue weighted by molar-refractivity contribution is 5.45. The number of benzene rings is 1. The summed E-state index contributed by atoms with van der Waals surface area (Å²) in [5.74, 6) is 2.83. The molecule has 1 aromatic carbocycles. The molecule has 0 saturated heterocycles.